The van der Waals surface area contributed by atoms with Gasteiger partial charge in [-0.1, -0.05) is 57.9 Å². The molecule has 0 saturated carbocycles. The molecular weight excluding hydrogens is 298 g/mol. The molecule has 0 aliphatic rings. The van der Waals surface area contributed by atoms with Crippen LogP contribution in [0.4, 0.5) is 0 Å². The van der Waals surface area contributed by atoms with Crippen molar-refractivity contribution in [3.8, 4) is 0 Å². The van der Waals surface area contributed by atoms with Crippen LogP contribution in [0.1, 0.15) is 16.7 Å². The van der Waals surface area contributed by atoms with Crippen molar-refractivity contribution >= 4 is 15.9 Å². The van der Waals surface area contributed by atoms with Crippen molar-refractivity contribution < 1.29 is 0 Å². The topological polar surface area (TPSA) is 26.0 Å². The summed E-state index contributed by atoms with van der Waals surface area (Å²) in [6.45, 7) is 2.84. The summed E-state index contributed by atoms with van der Waals surface area (Å²) in [6, 6.07) is 17.2. The van der Waals surface area contributed by atoms with E-state index in [4.69, 9.17) is 5.73 Å². The molecule has 0 radical (unpaired) electrons. The van der Waals surface area contributed by atoms with E-state index in [1.807, 2.05) is 0 Å². The maximum absolute atomic E-state index is 5.92. The highest BCUT2D eigenvalue weighted by atomic mass is 79.9. The summed E-state index contributed by atoms with van der Waals surface area (Å²) in [5.41, 5.74) is 9.95. The molecule has 1 atom stereocenters. The molecule has 0 amide bonds. The monoisotopic (exact) mass is 317 g/mol. The van der Waals surface area contributed by atoms with E-state index in [1.54, 1.807) is 0 Å². The minimum absolute atomic E-state index is 0.497. The summed E-state index contributed by atoms with van der Waals surface area (Å²) in [7, 11) is 0. The van der Waals surface area contributed by atoms with Crippen molar-refractivity contribution in [3.63, 3.8) is 0 Å². The van der Waals surface area contributed by atoms with Crippen LogP contribution in [0.25, 0.3) is 0 Å². The number of rotatable bonds is 5. The van der Waals surface area contributed by atoms with E-state index in [2.05, 4.69) is 71.4 Å². The highest BCUT2D eigenvalue weighted by molar-refractivity contribution is 9.10. The van der Waals surface area contributed by atoms with E-state index in [0.717, 1.165) is 23.9 Å². The first kappa shape index (κ1) is 14.3. The van der Waals surface area contributed by atoms with E-state index in [-0.39, 0.29) is 0 Å². The van der Waals surface area contributed by atoms with Gasteiger partial charge in [0.25, 0.3) is 0 Å². The maximum Gasteiger partial charge on any atom is 0.0177 e. The molecule has 0 spiro atoms. The molecule has 0 aliphatic carbocycles. The first-order chi connectivity index (χ1) is 9.17. The fourth-order valence-electron chi connectivity index (χ4n) is 2.29. The first-order valence-corrected chi connectivity index (χ1v) is 7.46. The summed E-state index contributed by atoms with van der Waals surface area (Å²) in [6.07, 6.45) is 2.08. The van der Waals surface area contributed by atoms with Gasteiger partial charge >= 0.3 is 0 Å². The van der Waals surface area contributed by atoms with Gasteiger partial charge in [-0.2, -0.15) is 0 Å². The maximum atomic E-state index is 5.92. The molecule has 2 heteroatoms. The SMILES string of the molecule is Cc1ccc(CC(CN)Cc2cccc(Br)c2)cc1. The van der Waals surface area contributed by atoms with Crippen molar-refractivity contribution in [2.75, 3.05) is 6.54 Å². The Hall–Kier alpha value is -1.12. The Morgan fingerprint density at radius 2 is 1.68 bits per heavy atom. The van der Waals surface area contributed by atoms with E-state index in [9.17, 15) is 0 Å². The molecule has 0 saturated heterocycles. The van der Waals surface area contributed by atoms with Crippen LogP contribution in [0.3, 0.4) is 0 Å². The third-order valence-corrected chi connectivity index (χ3v) is 3.88. The van der Waals surface area contributed by atoms with Crippen molar-refractivity contribution in [2.45, 2.75) is 19.8 Å². The highest BCUT2D eigenvalue weighted by Gasteiger charge is 2.09. The normalized spacial score (nSPS) is 12.4. The van der Waals surface area contributed by atoms with Crippen molar-refractivity contribution in [2.24, 2.45) is 11.7 Å². The Morgan fingerprint density at radius 1 is 1.00 bits per heavy atom. The van der Waals surface area contributed by atoms with Crippen LogP contribution >= 0.6 is 15.9 Å². The van der Waals surface area contributed by atoms with Crippen LogP contribution in [0.5, 0.6) is 0 Å². The molecule has 2 N–H and O–H groups in total. The lowest BCUT2D eigenvalue weighted by atomic mass is 9.92. The highest BCUT2D eigenvalue weighted by Crippen LogP contribution is 2.18. The summed E-state index contributed by atoms with van der Waals surface area (Å²) < 4.78 is 1.14. The Labute approximate surface area is 124 Å². The van der Waals surface area contributed by atoms with Crippen molar-refractivity contribution in [3.05, 3.63) is 69.7 Å². The predicted octanol–water partition coefficient (Wildman–Crippen LogP) is 4.12. The van der Waals surface area contributed by atoms with E-state index < -0.39 is 0 Å². The quantitative estimate of drug-likeness (QED) is 0.882. The summed E-state index contributed by atoms with van der Waals surface area (Å²) in [5, 5.41) is 0. The fourth-order valence-corrected chi connectivity index (χ4v) is 2.74. The van der Waals surface area contributed by atoms with E-state index >= 15 is 0 Å². The lowest BCUT2D eigenvalue weighted by Crippen LogP contribution is -2.19. The molecule has 100 valence electrons. The zero-order chi connectivity index (χ0) is 13.7. The molecule has 2 aromatic carbocycles. The first-order valence-electron chi connectivity index (χ1n) is 6.67. The second kappa shape index (κ2) is 6.88. The zero-order valence-corrected chi connectivity index (χ0v) is 12.9. The smallest absolute Gasteiger partial charge is 0.0177 e. The number of halogens is 1. The molecule has 2 rings (SSSR count). The summed E-state index contributed by atoms with van der Waals surface area (Å²) in [5.74, 6) is 0.497. The van der Waals surface area contributed by atoms with Gasteiger partial charge in [-0.15, -0.1) is 0 Å². The molecule has 0 fully saturated rings. The van der Waals surface area contributed by atoms with Crippen LogP contribution in [-0.2, 0) is 12.8 Å². The van der Waals surface area contributed by atoms with Crippen LogP contribution in [0, 0.1) is 12.8 Å². The number of hydrogen-bond donors (Lipinski definition) is 1. The average Bonchev–Trinajstić information content (AvgIpc) is 2.40. The van der Waals surface area contributed by atoms with Crippen LogP contribution in [-0.4, -0.2) is 6.54 Å². The molecule has 0 aliphatic heterocycles. The minimum Gasteiger partial charge on any atom is -0.330 e. The molecule has 2 aromatic rings. The second-order valence-electron chi connectivity index (χ2n) is 5.13. The third-order valence-electron chi connectivity index (χ3n) is 3.39. The third kappa shape index (κ3) is 4.48. The summed E-state index contributed by atoms with van der Waals surface area (Å²) >= 11 is 3.52. The van der Waals surface area contributed by atoms with Gasteiger partial charge < -0.3 is 5.73 Å². The van der Waals surface area contributed by atoms with Crippen molar-refractivity contribution in [1.29, 1.82) is 0 Å². The van der Waals surface area contributed by atoms with Crippen molar-refractivity contribution in [1.82, 2.24) is 0 Å². The van der Waals surface area contributed by atoms with Crippen LogP contribution in [0.15, 0.2) is 53.0 Å². The Bertz CT molecular complexity index is 519. The average molecular weight is 318 g/mol. The van der Waals surface area contributed by atoms with Gasteiger partial charge in [0.2, 0.25) is 0 Å². The van der Waals surface area contributed by atoms with Gasteiger partial charge in [-0.25, -0.2) is 0 Å². The Kier molecular flexibility index (Phi) is 5.17. The van der Waals surface area contributed by atoms with Gasteiger partial charge in [0, 0.05) is 4.47 Å². The molecule has 1 unspecified atom stereocenters. The summed E-state index contributed by atoms with van der Waals surface area (Å²) in [4.78, 5) is 0. The van der Waals surface area contributed by atoms with Gasteiger partial charge in [0.15, 0.2) is 0 Å². The van der Waals surface area contributed by atoms with Gasteiger partial charge in [-0.3, -0.25) is 0 Å². The predicted molar refractivity (Wildman–Crippen MR) is 85.3 cm³/mol. The fraction of sp³-hybridized carbons (Fsp3) is 0.294. The molecule has 0 aromatic heterocycles. The lowest BCUT2D eigenvalue weighted by molar-refractivity contribution is 0.533. The molecule has 19 heavy (non-hydrogen) atoms. The van der Waals surface area contributed by atoms with Gasteiger partial charge in [0.1, 0.15) is 0 Å². The Morgan fingerprint density at radius 3 is 2.32 bits per heavy atom. The van der Waals surface area contributed by atoms with Crippen LogP contribution < -0.4 is 5.73 Å². The number of benzene rings is 2. The second-order valence-corrected chi connectivity index (χ2v) is 6.04. The molecule has 0 heterocycles. The standard InChI is InChI=1S/C17H20BrN/c1-13-5-7-14(8-6-13)9-16(12-19)10-15-3-2-4-17(18)11-15/h2-8,11,16H,9-10,12,19H2,1H3. The number of aryl methyl sites for hydroxylation is 1. The van der Waals surface area contributed by atoms with Crippen LogP contribution in [0.2, 0.25) is 0 Å². The largest absolute Gasteiger partial charge is 0.330 e. The minimum atomic E-state index is 0.497. The van der Waals surface area contributed by atoms with Gasteiger partial charge in [0.05, 0.1) is 0 Å². The van der Waals surface area contributed by atoms with E-state index in [0.29, 0.717) is 5.92 Å². The number of hydrogen-bond acceptors (Lipinski definition) is 1. The van der Waals surface area contributed by atoms with Gasteiger partial charge in [-0.05, 0) is 55.5 Å². The zero-order valence-electron chi connectivity index (χ0n) is 11.3. The Balaban J connectivity index is 2.02. The number of nitrogens with two attached hydrogens (primary N) is 1. The molecular formula is C17H20BrN. The lowest BCUT2D eigenvalue weighted by Gasteiger charge is -2.15. The van der Waals surface area contributed by atoms with E-state index in [1.165, 1.54) is 16.7 Å². The molecule has 0 bridgehead atoms. The molecule has 1 nitrogen and oxygen atoms in total.